The molecule has 2 N–H and O–H groups in total. The molecule has 0 bridgehead atoms. The van der Waals surface area contributed by atoms with Gasteiger partial charge in [-0.15, -0.1) is 11.3 Å². The van der Waals surface area contributed by atoms with Crippen molar-refractivity contribution in [2.45, 2.75) is 25.2 Å². The molecule has 2 heterocycles. The Bertz CT molecular complexity index is 882. The van der Waals surface area contributed by atoms with Crippen molar-refractivity contribution in [3.8, 4) is 5.75 Å². The molecular weight excluding hydrogens is 387 g/mol. The fourth-order valence-corrected chi connectivity index (χ4v) is 3.31. The van der Waals surface area contributed by atoms with E-state index >= 15 is 0 Å². The van der Waals surface area contributed by atoms with Gasteiger partial charge in [-0.2, -0.15) is 23.3 Å². The van der Waals surface area contributed by atoms with E-state index < -0.39 is 30.0 Å². The Labute approximate surface area is 155 Å². The van der Waals surface area contributed by atoms with Crippen LogP contribution in [0.4, 0.5) is 18.3 Å². The third-order valence-electron chi connectivity index (χ3n) is 3.83. The van der Waals surface area contributed by atoms with Crippen molar-refractivity contribution in [3.05, 3.63) is 40.9 Å². The van der Waals surface area contributed by atoms with Gasteiger partial charge in [0, 0.05) is 5.38 Å². The van der Waals surface area contributed by atoms with E-state index in [-0.39, 0.29) is 10.8 Å². The van der Waals surface area contributed by atoms with Gasteiger partial charge in [0.05, 0.1) is 18.7 Å². The fraction of sp³-hybridized carbons (Fsp3) is 0.312. The van der Waals surface area contributed by atoms with Crippen molar-refractivity contribution in [2.24, 2.45) is 5.10 Å². The average Bonchev–Trinajstić information content (AvgIpc) is 3.20. The number of carbonyl (C=O) groups is 1. The maximum atomic E-state index is 13.6. The Morgan fingerprint density at radius 2 is 2.04 bits per heavy atom. The summed E-state index contributed by atoms with van der Waals surface area (Å²) in [5, 5.41) is 24.2. The van der Waals surface area contributed by atoms with Gasteiger partial charge in [0.1, 0.15) is 5.75 Å². The van der Waals surface area contributed by atoms with E-state index in [0.717, 1.165) is 5.38 Å². The summed E-state index contributed by atoms with van der Waals surface area (Å²) in [7, 11) is 0. The molecule has 1 aromatic heterocycles. The average molecular weight is 401 g/mol. The second kappa shape index (κ2) is 6.82. The number of hydrogen-bond donors (Lipinski definition) is 2. The van der Waals surface area contributed by atoms with Crippen LogP contribution < -0.4 is 9.75 Å². The van der Waals surface area contributed by atoms with Crippen LogP contribution in [-0.2, 0) is 0 Å². The van der Waals surface area contributed by atoms with Crippen LogP contribution in [0.15, 0.2) is 34.7 Å². The first-order valence-corrected chi connectivity index (χ1v) is 8.62. The number of carboxylic acid groups (broad SMARTS) is 1. The first-order valence-electron chi connectivity index (χ1n) is 7.74. The van der Waals surface area contributed by atoms with Crippen molar-refractivity contribution in [1.29, 1.82) is 0 Å². The molecule has 0 saturated heterocycles. The number of nitrogens with zero attached hydrogens (tertiary/aromatic N) is 3. The summed E-state index contributed by atoms with van der Waals surface area (Å²) in [5.74, 6) is -0.836. The van der Waals surface area contributed by atoms with E-state index in [1.165, 1.54) is 12.1 Å². The molecular formula is C16H14F3N3O4S. The minimum Gasteiger partial charge on any atom is -0.494 e. The lowest BCUT2D eigenvalue weighted by Crippen LogP contribution is -2.55. The number of aromatic nitrogens is 1. The molecule has 0 amide bonds. The van der Waals surface area contributed by atoms with Crippen molar-refractivity contribution in [3.63, 3.8) is 0 Å². The quantitative estimate of drug-likeness (QED) is 0.800. The van der Waals surface area contributed by atoms with Gasteiger partial charge in [-0.1, -0.05) is 0 Å². The fourth-order valence-electron chi connectivity index (χ4n) is 2.50. The van der Waals surface area contributed by atoms with Gasteiger partial charge in [-0.05, 0) is 36.8 Å². The smallest absolute Gasteiger partial charge is 0.438 e. The number of carboxylic acids is 1. The number of benzene rings is 1. The highest BCUT2D eigenvalue weighted by molar-refractivity contribution is 7.14. The minimum absolute atomic E-state index is 0.00931. The lowest BCUT2D eigenvalue weighted by atomic mass is 10.0. The highest BCUT2D eigenvalue weighted by atomic mass is 32.1. The van der Waals surface area contributed by atoms with E-state index in [1.54, 1.807) is 19.1 Å². The summed E-state index contributed by atoms with van der Waals surface area (Å²) in [5.41, 5.74) is -3.39. The number of aromatic carboxylic acids is 1. The molecule has 2 aromatic rings. The number of aliphatic hydroxyl groups is 1. The van der Waals surface area contributed by atoms with Gasteiger partial charge in [0.25, 0.3) is 5.72 Å². The molecule has 1 unspecified atom stereocenters. The van der Waals surface area contributed by atoms with E-state index in [9.17, 15) is 23.1 Å². The van der Waals surface area contributed by atoms with Crippen LogP contribution in [0, 0.1) is 0 Å². The largest absolute Gasteiger partial charge is 0.494 e. The molecule has 0 spiro atoms. The highest BCUT2D eigenvalue weighted by Crippen LogP contribution is 2.44. The summed E-state index contributed by atoms with van der Waals surface area (Å²) in [6, 6.07) is 6.24. The third kappa shape index (κ3) is 3.47. The molecule has 144 valence electrons. The lowest BCUT2D eigenvalue weighted by molar-refractivity contribution is -0.254. The molecule has 1 atom stereocenters. The minimum atomic E-state index is -5.04. The molecule has 0 aliphatic carbocycles. The molecule has 1 aliphatic rings. The van der Waals surface area contributed by atoms with Crippen molar-refractivity contribution < 1.29 is 32.9 Å². The van der Waals surface area contributed by atoms with Crippen LogP contribution in [0.25, 0.3) is 0 Å². The van der Waals surface area contributed by atoms with Crippen LogP contribution in [0.2, 0.25) is 0 Å². The second-order valence-corrected chi connectivity index (χ2v) is 6.46. The standard InChI is InChI=1S/C16H14F3N3O4S/c1-2-26-10-5-3-9(4-6-10)11-7-15(25,16(17,18)19)22(21-11)14-20-12(8-27-14)13(23)24/h3-6,8,25H,2,7H2,1H3,(H,23,24). The SMILES string of the molecule is CCOc1ccc(C2=NN(c3nc(C(=O)O)cs3)C(O)(C(F)(F)F)C2)cc1. The molecule has 1 aromatic carbocycles. The Kier molecular flexibility index (Phi) is 4.82. The Balaban J connectivity index is 2.00. The van der Waals surface area contributed by atoms with E-state index in [0.29, 0.717) is 34.3 Å². The van der Waals surface area contributed by atoms with Gasteiger partial charge >= 0.3 is 12.1 Å². The molecule has 0 saturated carbocycles. The van der Waals surface area contributed by atoms with Gasteiger partial charge in [-0.25, -0.2) is 9.78 Å². The number of ether oxygens (including phenoxy) is 1. The number of hydrazone groups is 1. The number of rotatable bonds is 5. The third-order valence-corrected chi connectivity index (χ3v) is 4.65. The summed E-state index contributed by atoms with van der Waals surface area (Å²) < 4.78 is 46.0. The van der Waals surface area contributed by atoms with Gasteiger partial charge < -0.3 is 14.9 Å². The molecule has 7 nitrogen and oxygen atoms in total. The number of anilines is 1. The van der Waals surface area contributed by atoms with Crippen molar-refractivity contribution in [1.82, 2.24) is 4.98 Å². The number of alkyl halides is 3. The zero-order chi connectivity index (χ0) is 19.8. The molecule has 0 fully saturated rings. The van der Waals surface area contributed by atoms with E-state index in [4.69, 9.17) is 9.84 Å². The highest BCUT2D eigenvalue weighted by Gasteiger charge is 2.62. The van der Waals surface area contributed by atoms with Crippen LogP contribution in [0.3, 0.4) is 0 Å². The summed E-state index contributed by atoms with van der Waals surface area (Å²) >= 11 is 0.647. The lowest BCUT2D eigenvalue weighted by Gasteiger charge is -2.32. The predicted molar refractivity (Wildman–Crippen MR) is 91.3 cm³/mol. The van der Waals surface area contributed by atoms with Crippen LogP contribution in [0.1, 0.15) is 29.4 Å². The number of thiazole rings is 1. The Morgan fingerprint density at radius 3 is 2.56 bits per heavy atom. The first-order chi connectivity index (χ1) is 12.7. The summed E-state index contributed by atoms with van der Waals surface area (Å²) in [6.45, 7) is 2.24. The first kappa shape index (κ1) is 19.1. The van der Waals surface area contributed by atoms with Crippen LogP contribution in [-0.4, -0.2) is 45.4 Å². The van der Waals surface area contributed by atoms with Gasteiger partial charge in [0.15, 0.2) is 5.69 Å². The van der Waals surface area contributed by atoms with Gasteiger partial charge in [0.2, 0.25) is 5.13 Å². The zero-order valence-corrected chi connectivity index (χ0v) is 14.7. The monoisotopic (exact) mass is 401 g/mol. The summed E-state index contributed by atoms with van der Waals surface area (Å²) in [4.78, 5) is 14.6. The maximum absolute atomic E-state index is 13.6. The van der Waals surface area contributed by atoms with Gasteiger partial charge in [-0.3, -0.25) is 0 Å². The number of hydrogen-bond acceptors (Lipinski definition) is 7. The van der Waals surface area contributed by atoms with Crippen molar-refractivity contribution in [2.75, 3.05) is 11.6 Å². The molecule has 11 heteroatoms. The Hall–Kier alpha value is -2.66. The van der Waals surface area contributed by atoms with E-state index in [2.05, 4.69) is 10.1 Å². The van der Waals surface area contributed by atoms with Crippen LogP contribution >= 0.6 is 11.3 Å². The van der Waals surface area contributed by atoms with E-state index in [1.807, 2.05) is 0 Å². The molecule has 27 heavy (non-hydrogen) atoms. The van der Waals surface area contributed by atoms with Crippen LogP contribution in [0.5, 0.6) is 5.75 Å². The molecule has 1 aliphatic heterocycles. The number of halogens is 3. The molecule has 0 radical (unpaired) electrons. The Morgan fingerprint density at radius 1 is 1.37 bits per heavy atom. The van der Waals surface area contributed by atoms with Crippen molar-refractivity contribution >= 4 is 28.1 Å². The topological polar surface area (TPSA) is 95.2 Å². The zero-order valence-electron chi connectivity index (χ0n) is 13.9. The molecule has 3 rings (SSSR count). The predicted octanol–water partition coefficient (Wildman–Crippen LogP) is 3.11. The second-order valence-electron chi connectivity index (χ2n) is 5.63. The normalized spacial score (nSPS) is 19.9. The summed E-state index contributed by atoms with van der Waals surface area (Å²) in [6.07, 6.45) is -5.87. The maximum Gasteiger partial charge on any atom is 0.438 e.